The molecule has 0 aromatic heterocycles. The molecule has 2 nitrogen and oxygen atoms in total. The second kappa shape index (κ2) is 5.65. The minimum absolute atomic E-state index is 0.208. The summed E-state index contributed by atoms with van der Waals surface area (Å²) in [6.45, 7) is 3.07. The van der Waals surface area contributed by atoms with Gasteiger partial charge in [0.25, 0.3) is 0 Å². The number of hydrogen-bond donors (Lipinski definition) is 1. The molecule has 1 aliphatic rings. The summed E-state index contributed by atoms with van der Waals surface area (Å²) in [5, 5.41) is 0. The number of nitrogens with two attached hydrogens (primary N) is 1. The zero-order valence-corrected chi connectivity index (χ0v) is 10.7. The first-order valence-corrected chi connectivity index (χ1v) is 6.64. The summed E-state index contributed by atoms with van der Waals surface area (Å²) in [7, 11) is 0. The molecule has 2 unspecified atom stereocenters. The lowest BCUT2D eigenvalue weighted by Crippen LogP contribution is -2.33. The van der Waals surface area contributed by atoms with Crippen LogP contribution in [-0.4, -0.2) is 12.7 Å². The molecule has 2 atom stereocenters. The highest BCUT2D eigenvalue weighted by molar-refractivity contribution is 5.22. The van der Waals surface area contributed by atoms with Crippen LogP contribution in [0.3, 0.4) is 0 Å². The van der Waals surface area contributed by atoms with Crippen molar-refractivity contribution in [2.75, 3.05) is 6.61 Å². The smallest absolute Gasteiger partial charge is 0.0576 e. The third-order valence-corrected chi connectivity index (χ3v) is 3.68. The van der Waals surface area contributed by atoms with Crippen molar-refractivity contribution in [2.45, 2.75) is 50.7 Å². The Morgan fingerprint density at radius 3 is 2.76 bits per heavy atom. The molecule has 0 amide bonds. The van der Waals surface area contributed by atoms with E-state index in [2.05, 4.69) is 31.2 Å². The van der Waals surface area contributed by atoms with Crippen LogP contribution in [0.4, 0.5) is 0 Å². The zero-order chi connectivity index (χ0) is 12.1. The molecule has 1 aromatic carbocycles. The van der Waals surface area contributed by atoms with Crippen molar-refractivity contribution >= 4 is 0 Å². The predicted octanol–water partition coefficient (Wildman–Crippen LogP) is 3.21. The van der Waals surface area contributed by atoms with Crippen molar-refractivity contribution in [1.29, 1.82) is 0 Å². The molecule has 0 spiro atoms. The van der Waals surface area contributed by atoms with Gasteiger partial charge in [-0.25, -0.2) is 0 Å². The number of rotatable bonds is 5. The lowest BCUT2D eigenvalue weighted by atomic mass is 9.87. The lowest BCUT2D eigenvalue weighted by Gasteiger charge is -2.25. The molecule has 1 fully saturated rings. The van der Waals surface area contributed by atoms with E-state index in [-0.39, 0.29) is 5.54 Å². The van der Waals surface area contributed by atoms with Gasteiger partial charge in [0.2, 0.25) is 0 Å². The normalized spacial score (nSPS) is 23.5. The summed E-state index contributed by atoms with van der Waals surface area (Å²) in [5.74, 6) is 0. The predicted molar refractivity (Wildman–Crippen MR) is 70.8 cm³/mol. The van der Waals surface area contributed by atoms with Crippen molar-refractivity contribution in [3.63, 3.8) is 0 Å². The van der Waals surface area contributed by atoms with E-state index in [4.69, 9.17) is 10.5 Å². The Bertz CT molecular complexity index is 328. The fourth-order valence-corrected chi connectivity index (χ4v) is 2.53. The highest BCUT2D eigenvalue weighted by Crippen LogP contribution is 2.26. The maximum Gasteiger partial charge on any atom is 0.0576 e. The Labute approximate surface area is 104 Å². The molecular weight excluding hydrogens is 210 g/mol. The second-order valence-electron chi connectivity index (χ2n) is 5.31. The first kappa shape index (κ1) is 12.6. The largest absolute Gasteiger partial charge is 0.378 e. The Hall–Kier alpha value is -0.860. The molecule has 0 saturated carbocycles. The standard InChI is InChI=1S/C15H23NO/c1-15(16,13-7-3-2-4-8-13)11-5-9-14-10-6-12-17-14/h2-4,7-8,14H,5-6,9-12,16H2,1H3. The maximum atomic E-state index is 6.38. The van der Waals surface area contributed by atoms with Crippen LogP contribution >= 0.6 is 0 Å². The van der Waals surface area contributed by atoms with Crippen molar-refractivity contribution in [3.05, 3.63) is 35.9 Å². The average Bonchev–Trinajstić information content (AvgIpc) is 2.83. The highest BCUT2D eigenvalue weighted by Gasteiger charge is 2.22. The van der Waals surface area contributed by atoms with Gasteiger partial charge in [-0.3, -0.25) is 0 Å². The van der Waals surface area contributed by atoms with Crippen LogP contribution in [0.1, 0.15) is 44.6 Å². The van der Waals surface area contributed by atoms with Gasteiger partial charge in [0.15, 0.2) is 0 Å². The highest BCUT2D eigenvalue weighted by atomic mass is 16.5. The lowest BCUT2D eigenvalue weighted by molar-refractivity contribution is 0.100. The average molecular weight is 233 g/mol. The van der Waals surface area contributed by atoms with Gasteiger partial charge in [-0.05, 0) is 44.6 Å². The maximum absolute atomic E-state index is 6.38. The minimum Gasteiger partial charge on any atom is -0.378 e. The Morgan fingerprint density at radius 2 is 2.12 bits per heavy atom. The fraction of sp³-hybridized carbons (Fsp3) is 0.600. The number of benzene rings is 1. The summed E-state index contributed by atoms with van der Waals surface area (Å²) >= 11 is 0. The van der Waals surface area contributed by atoms with Gasteiger partial charge in [-0.2, -0.15) is 0 Å². The van der Waals surface area contributed by atoms with E-state index in [1.54, 1.807) is 0 Å². The van der Waals surface area contributed by atoms with E-state index in [0.29, 0.717) is 6.10 Å². The molecule has 2 rings (SSSR count). The molecule has 2 N–H and O–H groups in total. The van der Waals surface area contributed by atoms with Gasteiger partial charge in [-0.15, -0.1) is 0 Å². The molecule has 1 aromatic rings. The molecule has 94 valence electrons. The van der Waals surface area contributed by atoms with E-state index in [1.165, 1.54) is 18.4 Å². The summed E-state index contributed by atoms with van der Waals surface area (Å²) in [5.41, 5.74) is 7.40. The Kier molecular flexibility index (Phi) is 4.19. The first-order valence-electron chi connectivity index (χ1n) is 6.64. The van der Waals surface area contributed by atoms with Gasteiger partial charge in [0.05, 0.1) is 6.10 Å². The second-order valence-corrected chi connectivity index (χ2v) is 5.31. The fourth-order valence-electron chi connectivity index (χ4n) is 2.53. The minimum atomic E-state index is -0.208. The molecule has 17 heavy (non-hydrogen) atoms. The Morgan fingerprint density at radius 1 is 1.35 bits per heavy atom. The van der Waals surface area contributed by atoms with Crippen LogP contribution in [0.5, 0.6) is 0 Å². The first-order chi connectivity index (χ1) is 8.18. The SMILES string of the molecule is CC(N)(CCCC1CCCO1)c1ccccc1. The monoisotopic (exact) mass is 233 g/mol. The summed E-state index contributed by atoms with van der Waals surface area (Å²) < 4.78 is 5.63. The third-order valence-electron chi connectivity index (χ3n) is 3.68. The molecule has 0 radical (unpaired) electrons. The molecular formula is C15H23NO. The van der Waals surface area contributed by atoms with Gasteiger partial charge in [0, 0.05) is 12.1 Å². The number of hydrogen-bond acceptors (Lipinski definition) is 2. The van der Waals surface area contributed by atoms with Crippen LogP contribution < -0.4 is 5.73 Å². The van der Waals surface area contributed by atoms with Crippen molar-refractivity contribution in [3.8, 4) is 0 Å². The van der Waals surface area contributed by atoms with Crippen molar-refractivity contribution in [2.24, 2.45) is 5.73 Å². The zero-order valence-electron chi connectivity index (χ0n) is 10.7. The third kappa shape index (κ3) is 3.55. The van der Waals surface area contributed by atoms with Crippen LogP contribution in [0.2, 0.25) is 0 Å². The van der Waals surface area contributed by atoms with Crippen molar-refractivity contribution in [1.82, 2.24) is 0 Å². The molecule has 1 aliphatic heterocycles. The molecule has 1 saturated heterocycles. The van der Waals surface area contributed by atoms with Gasteiger partial charge >= 0.3 is 0 Å². The van der Waals surface area contributed by atoms with Crippen LogP contribution in [0.15, 0.2) is 30.3 Å². The van der Waals surface area contributed by atoms with Crippen LogP contribution in [0, 0.1) is 0 Å². The van der Waals surface area contributed by atoms with Gasteiger partial charge in [-0.1, -0.05) is 30.3 Å². The van der Waals surface area contributed by atoms with Gasteiger partial charge in [0.1, 0.15) is 0 Å². The van der Waals surface area contributed by atoms with E-state index in [1.807, 2.05) is 6.07 Å². The summed E-state index contributed by atoms with van der Waals surface area (Å²) in [6.07, 6.45) is 6.26. The van der Waals surface area contributed by atoms with Crippen LogP contribution in [-0.2, 0) is 10.3 Å². The molecule has 2 heteroatoms. The summed E-state index contributed by atoms with van der Waals surface area (Å²) in [4.78, 5) is 0. The Balaban J connectivity index is 1.80. The summed E-state index contributed by atoms with van der Waals surface area (Å²) in [6, 6.07) is 10.4. The van der Waals surface area contributed by atoms with Gasteiger partial charge < -0.3 is 10.5 Å². The van der Waals surface area contributed by atoms with E-state index < -0.39 is 0 Å². The van der Waals surface area contributed by atoms with Crippen LogP contribution in [0.25, 0.3) is 0 Å². The van der Waals surface area contributed by atoms with Crippen molar-refractivity contribution < 1.29 is 4.74 Å². The van der Waals surface area contributed by atoms with E-state index >= 15 is 0 Å². The number of ether oxygens (including phenoxy) is 1. The topological polar surface area (TPSA) is 35.2 Å². The quantitative estimate of drug-likeness (QED) is 0.847. The van der Waals surface area contributed by atoms with E-state index in [0.717, 1.165) is 25.9 Å². The molecule has 0 aliphatic carbocycles. The van der Waals surface area contributed by atoms with E-state index in [9.17, 15) is 0 Å². The molecule has 1 heterocycles. The molecule has 0 bridgehead atoms.